The Morgan fingerprint density at radius 1 is 1.47 bits per heavy atom. The van der Waals surface area contributed by atoms with Crippen LogP contribution in [0.3, 0.4) is 0 Å². The minimum absolute atomic E-state index is 0.257. The second-order valence-electron chi connectivity index (χ2n) is 4.49. The smallest absolute Gasteiger partial charge is 0.131 e. The zero-order valence-corrected chi connectivity index (χ0v) is 10.4. The maximum atomic E-state index is 9.12. The number of anilines is 2. The van der Waals surface area contributed by atoms with Crippen molar-refractivity contribution in [3.8, 4) is 0 Å². The van der Waals surface area contributed by atoms with Gasteiger partial charge in [-0.3, -0.25) is 0 Å². The van der Waals surface area contributed by atoms with Crippen LogP contribution in [0.5, 0.6) is 0 Å². The molecule has 1 aliphatic rings. The van der Waals surface area contributed by atoms with Crippen molar-refractivity contribution >= 4 is 11.6 Å². The molecule has 2 rings (SSSR count). The molecule has 94 valence electrons. The van der Waals surface area contributed by atoms with E-state index < -0.39 is 0 Å². The highest BCUT2D eigenvalue weighted by Gasteiger charge is 2.22. The number of aliphatic hydroxyl groups is 1. The van der Waals surface area contributed by atoms with E-state index in [1.165, 1.54) is 12.8 Å². The second kappa shape index (κ2) is 5.87. The van der Waals surface area contributed by atoms with Gasteiger partial charge in [0.05, 0.1) is 0 Å². The molecular weight excluding hydrogens is 214 g/mol. The van der Waals surface area contributed by atoms with Gasteiger partial charge in [0, 0.05) is 26.2 Å². The predicted octanol–water partition coefficient (Wildman–Crippen LogP) is 1.86. The molecule has 0 aliphatic carbocycles. The first-order chi connectivity index (χ1) is 8.35. The molecule has 1 saturated heterocycles. The van der Waals surface area contributed by atoms with Gasteiger partial charge in [0.25, 0.3) is 0 Å². The Morgan fingerprint density at radius 3 is 3.12 bits per heavy atom. The number of aliphatic hydroxyl groups excluding tert-OH is 1. The fraction of sp³-hybridized carbons (Fsp3) is 0.615. The van der Waals surface area contributed by atoms with Crippen molar-refractivity contribution < 1.29 is 5.11 Å². The van der Waals surface area contributed by atoms with Crippen molar-refractivity contribution in [1.29, 1.82) is 0 Å². The van der Waals surface area contributed by atoms with Crippen LogP contribution in [-0.4, -0.2) is 36.3 Å². The van der Waals surface area contributed by atoms with Gasteiger partial charge in [-0.25, -0.2) is 4.98 Å². The lowest BCUT2D eigenvalue weighted by Gasteiger charge is -2.36. The summed E-state index contributed by atoms with van der Waals surface area (Å²) >= 11 is 0. The standard InChI is InChI=1S/C13H21N3O/c1-14-12-6-4-7-13(15-12)16-9-3-2-5-11(16)8-10-17/h4,6-7,11,17H,2-3,5,8-10H2,1H3,(H,14,15). The van der Waals surface area contributed by atoms with Crippen LogP contribution in [0, 0.1) is 0 Å². The Morgan fingerprint density at radius 2 is 2.35 bits per heavy atom. The topological polar surface area (TPSA) is 48.4 Å². The molecule has 4 nitrogen and oxygen atoms in total. The molecule has 2 N–H and O–H groups in total. The third-order valence-electron chi connectivity index (χ3n) is 3.37. The molecule has 1 atom stereocenters. The van der Waals surface area contributed by atoms with Crippen LogP contribution in [0.4, 0.5) is 11.6 Å². The summed E-state index contributed by atoms with van der Waals surface area (Å²) in [6.45, 7) is 1.30. The lowest BCUT2D eigenvalue weighted by molar-refractivity contribution is 0.262. The maximum absolute atomic E-state index is 9.12. The van der Waals surface area contributed by atoms with E-state index in [-0.39, 0.29) is 6.61 Å². The van der Waals surface area contributed by atoms with E-state index in [2.05, 4.69) is 21.3 Å². The highest BCUT2D eigenvalue weighted by molar-refractivity contribution is 5.47. The van der Waals surface area contributed by atoms with Gasteiger partial charge in [-0.15, -0.1) is 0 Å². The van der Waals surface area contributed by atoms with Gasteiger partial charge < -0.3 is 15.3 Å². The number of aromatic nitrogens is 1. The summed E-state index contributed by atoms with van der Waals surface area (Å²) in [7, 11) is 1.88. The number of piperidine rings is 1. The molecule has 0 radical (unpaired) electrons. The fourth-order valence-electron chi connectivity index (χ4n) is 2.47. The lowest BCUT2D eigenvalue weighted by Crippen LogP contribution is -2.40. The zero-order valence-electron chi connectivity index (χ0n) is 10.4. The number of nitrogens with one attached hydrogen (secondary N) is 1. The molecular formula is C13H21N3O. The van der Waals surface area contributed by atoms with Crippen LogP contribution >= 0.6 is 0 Å². The largest absolute Gasteiger partial charge is 0.396 e. The third kappa shape index (κ3) is 2.88. The summed E-state index contributed by atoms with van der Waals surface area (Å²) in [5, 5.41) is 12.2. The van der Waals surface area contributed by atoms with Crippen LogP contribution in [-0.2, 0) is 0 Å². The maximum Gasteiger partial charge on any atom is 0.131 e. The minimum atomic E-state index is 0.257. The van der Waals surface area contributed by atoms with Crippen molar-refractivity contribution in [3.05, 3.63) is 18.2 Å². The second-order valence-corrected chi connectivity index (χ2v) is 4.49. The van der Waals surface area contributed by atoms with Crippen LogP contribution in [0.1, 0.15) is 25.7 Å². The first-order valence-corrected chi connectivity index (χ1v) is 6.37. The van der Waals surface area contributed by atoms with Gasteiger partial charge in [0.15, 0.2) is 0 Å². The van der Waals surface area contributed by atoms with Gasteiger partial charge in [-0.2, -0.15) is 0 Å². The van der Waals surface area contributed by atoms with E-state index in [1.54, 1.807) is 0 Å². The molecule has 17 heavy (non-hydrogen) atoms. The first-order valence-electron chi connectivity index (χ1n) is 6.37. The summed E-state index contributed by atoms with van der Waals surface area (Å²) in [5.41, 5.74) is 0. The average Bonchev–Trinajstić information content (AvgIpc) is 2.40. The molecule has 0 spiro atoms. The zero-order chi connectivity index (χ0) is 12.1. The minimum Gasteiger partial charge on any atom is -0.396 e. The number of hydrogen-bond acceptors (Lipinski definition) is 4. The molecule has 1 aromatic rings. The summed E-state index contributed by atoms with van der Waals surface area (Å²) in [6, 6.07) is 6.48. The summed E-state index contributed by atoms with van der Waals surface area (Å²) in [5.74, 6) is 1.92. The van der Waals surface area contributed by atoms with E-state index in [9.17, 15) is 0 Å². The first kappa shape index (κ1) is 12.2. The van der Waals surface area contributed by atoms with Crippen molar-refractivity contribution in [3.63, 3.8) is 0 Å². The van der Waals surface area contributed by atoms with Gasteiger partial charge in [0.2, 0.25) is 0 Å². The number of rotatable bonds is 4. The SMILES string of the molecule is CNc1cccc(N2CCCCC2CCO)n1. The average molecular weight is 235 g/mol. The van der Waals surface area contributed by atoms with E-state index in [0.29, 0.717) is 6.04 Å². The molecule has 1 aliphatic heterocycles. The monoisotopic (exact) mass is 235 g/mol. The summed E-state index contributed by atoms with van der Waals surface area (Å²) in [4.78, 5) is 6.91. The molecule has 0 amide bonds. The van der Waals surface area contributed by atoms with E-state index in [1.807, 2.05) is 19.2 Å². The summed E-state index contributed by atoms with van der Waals surface area (Å²) in [6.07, 6.45) is 4.47. The molecule has 0 saturated carbocycles. The van der Waals surface area contributed by atoms with Crippen LogP contribution < -0.4 is 10.2 Å². The Labute approximate surface area is 103 Å². The molecule has 1 fully saturated rings. The highest BCUT2D eigenvalue weighted by Crippen LogP contribution is 2.25. The number of pyridine rings is 1. The fourth-order valence-corrected chi connectivity index (χ4v) is 2.47. The molecule has 1 unspecified atom stereocenters. The number of hydrogen-bond donors (Lipinski definition) is 2. The van der Waals surface area contributed by atoms with Crippen LogP contribution in [0.15, 0.2) is 18.2 Å². The van der Waals surface area contributed by atoms with Crippen LogP contribution in [0.2, 0.25) is 0 Å². The third-order valence-corrected chi connectivity index (χ3v) is 3.37. The highest BCUT2D eigenvalue weighted by atomic mass is 16.3. The van der Waals surface area contributed by atoms with Gasteiger partial charge >= 0.3 is 0 Å². The Balaban J connectivity index is 2.16. The Hall–Kier alpha value is -1.29. The van der Waals surface area contributed by atoms with Crippen molar-refractivity contribution in [2.45, 2.75) is 31.7 Å². The van der Waals surface area contributed by atoms with Crippen LogP contribution in [0.25, 0.3) is 0 Å². The molecule has 0 bridgehead atoms. The van der Waals surface area contributed by atoms with Crippen molar-refractivity contribution in [1.82, 2.24) is 4.98 Å². The molecule has 0 aromatic carbocycles. The molecule has 1 aromatic heterocycles. The van der Waals surface area contributed by atoms with E-state index in [4.69, 9.17) is 5.11 Å². The summed E-state index contributed by atoms with van der Waals surface area (Å²) < 4.78 is 0. The Kier molecular flexibility index (Phi) is 4.20. The van der Waals surface area contributed by atoms with Gasteiger partial charge in [0.1, 0.15) is 11.6 Å². The quantitative estimate of drug-likeness (QED) is 0.836. The molecule has 4 heteroatoms. The Bertz CT molecular complexity index is 354. The van der Waals surface area contributed by atoms with E-state index in [0.717, 1.165) is 31.0 Å². The normalized spacial score (nSPS) is 20.4. The molecule has 2 heterocycles. The van der Waals surface area contributed by atoms with E-state index >= 15 is 0 Å². The van der Waals surface area contributed by atoms with Crippen molar-refractivity contribution in [2.24, 2.45) is 0 Å². The predicted molar refractivity (Wildman–Crippen MR) is 70.5 cm³/mol. The lowest BCUT2D eigenvalue weighted by atomic mass is 9.99. The van der Waals surface area contributed by atoms with Crippen molar-refractivity contribution in [2.75, 3.05) is 30.4 Å². The van der Waals surface area contributed by atoms with Gasteiger partial charge in [-0.05, 0) is 37.8 Å². The van der Waals surface area contributed by atoms with Gasteiger partial charge in [-0.1, -0.05) is 6.07 Å². The number of nitrogens with zero attached hydrogens (tertiary/aromatic N) is 2.